The standard InChI is InChI=1S/C25H36ClFO2/c1-3-5-6-18-7-11-20(12-8-18)21-13-9-19(10-14-21)17-29-23-16-15-22(28-4-2)24(26)25(23)27/h3,15-16,18-21H,1,4-14,17H2,2H3. The highest BCUT2D eigenvalue weighted by molar-refractivity contribution is 6.32. The van der Waals surface area contributed by atoms with Crippen LogP contribution in [0.4, 0.5) is 4.39 Å². The van der Waals surface area contributed by atoms with E-state index < -0.39 is 5.82 Å². The Bertz CT molecular complexity index is 646. The van der Waals surface area contributed by atoms with Gasteiger partial charge in [0.05, 0.1) is 13.2 Å². The second-order valence-electron chi connectivity index (χ2n) is 8.86. The molecule has 0 radical (unpaired) electrons. The summed E-state index contributed by atoms with van der Waals surface area (Å²) in [5.41, 5.74) is 0. The highest BCUT2D eigenvalue weighted by Crippen LogP contribution is 2.42. The summed E-state index contributed by atoms with van der Waals surface area (Å²) in [6.45, 7) is 6.73. The molecule has 2 saturated carbocycles. The van der Waals surface area contributed by atoms with Crippen molar-refractivity contribution in [2.75, 3.05) is 13.2 Å². The van der Waals surface area contributed by atoms with Gasteiger partial charge in [-0.05, 0) is 94.1 Å². The lowest BCUT2D eigenvalue weighted by Gasteiger charge is -2.37. The van der Waals surface area contributed by atoms with Gasteiger partial charge in [0, 0.05) is 0 Å². The molecule has 29 heavy (non-hydrogen) atoms. The fourth-order valence-electron chi connectivity index (χ4n) is 5.23. The molecular weight excluding hydrogens is 387 g/mol. The van der Waals surface area contributed by atoms with Crippen molar-refractivity contribution in [1.29, 1.82) is 0 Å². The van der Waals surface area contributed by atoms with E-state index in [0.717, 1.165) is 17.8 Å². The minimum absolute atomic E-state index is 0.0109. The maximum atomic E-state index is 14.4. The Balaban J connectivity index is 1.40. The molecule has 0 aliphatic heterocycles. The van der Waals surface area contributed by atoms with Crippen LogP contribution in [-0.4, -0.2) is 13.2 Å². The van der Waals surface area contributed by atoms with E-state index in [-0.39, 0.29) is 10.8 Å². The molecule has 0 amide bonds. The SMILES string of the molecule is C=CCCC1CCC(C2CCC(COc3ccc(OCC)c(Cl)c3F)CC2)CC1. The summed E-state index contributed by atoms with van der Waals surface area (Å²) >= 11 is 6.06. The Morgan fingerprint density at radius 3 is 2.14 bits per heavy atom. The predicted molar refractivity (Wildman–Crippen MR) is 118 cm³/mol. The zero-order valence-electron chi connectivity index (χ0n) is 17.8. The van der Waals surface area contributed by atoms with Gasteiger partial charge in [-0.15, -0.1) is 6.58 Å². The van der Waals surface area contributed by atoms with E-state index >= 15 is 0 Å². The third-order valence-electron chi connectivity index (χ3n) is 7.01. The number of benzene rings is 1. The zero-order chi connectivity index (χ0) is 20.6. The van der Waals surface area contributed by atoms with Crippen molar-refractivity contribution in [3.05, 3.63) is 35.6 Å². The van der Waals surface area contributed by atoms with Crippen LogP contribution in [0.15, 0.2) is 24.8 Å². The number of ether oxygens (including phenoxy) is 2. The first-order valence-electron chi connectivity index (χ1n) is 11.5. The summed E-state index contributed by atoms with van der Waals surface area (Å²) in [5.74, 6) is 3.32. The average Bonchev–Trinajstić information content (AvgIpc) is 2.76. The van der Waals surface area contributed by atoms with Crippen LogP contribution >= 0.6 is 11.6 Å². The lowest BCUT2D eigenvalue weighted by molar-refractivity contribution is 0.121. The largest absolute Gasteiger partial charge is 0.492 e. The molecule has 0 aromatic heterocycles. The summed E-state index contributed by atoms with van der Waals surface area (Å²) < 4.78 is 25.5. The first-order chi connectivity index (χ1) is 14.1. The Labute approximate surface area is 180 Å². The maximum Gasteiger partial charge on any atom is 0.187 e. The Hall–Kier alpha value is -1.22. The number of rotatable bonds is 9. The summed E-state index contributed by atoms with van der Waals surface area (Å²) in [5, 5.41) is 0.0109. The third-order valence-corrected chi connectivity index (χ3v) is 7.37. The molecular formula is C25H36ClFO2. The first kappa shape index (κ1) is 22.5. The lowest BCUT2D eigenvalue weighted by Crippen LogP contribution is -2.27. The summed E-state index contributed by atoms with van der Waals surface area (Å²) in [6, 6.07) is 3.31. The van der Waals surface area contributed by atoms with Gasteiger partial charge in [0.1, 0.15) is 10.8 Å². The Kier molecular flexibility index (Phi) is 8.71. The highest BCUT2D eigenvalue weighted by Gasteiger charge is 2.31. The molecule has 0 N–H and O–H groups in total. The molecule has 2 fully saturated rings. The minimum Gasteiger partial charge on any atom is -0.492 e. The van der Waals surface area contributed by atoms with Gasteiger partial charge in [0.2, 0.25) is 0 Å². The normalized spacial score (nSPS) is 27.4. The van der Waals surface area contributed by atoms with Gasteiger partial charge in [-0.2, -0.15) is 0 Å². The van der Waals surface area contributed by atoms with Gasteiger partial charge >= 0.3 is 0 Å². The van der Waals surface area contributed by atoms with Crippen molar-refractivity contribution >= 4 is 11.6 Å². The monoisotopic (exact) mass is 422 g/mol. The van der Waals surface area contributed by atoms with Crippen molar-refractivity contribution in [1.82, 2.24) is 0 Å². The van der Waals surface area contributed by atoms with E-state index in [1.807, 2.05) is 6.92 Å². The molecule has 3 rings (SSSR count). The van der Waals surface area contributed by atoms with Crippen LogP contribution in [0.1, 0.15) is 71.1 Å². The molecule has 0 bridgehead atoms. The highest BCUT2D eigenvalue weighted by atomic mass is 35.5. The number of halogens is 2. The lowest BCUT2D eigenvalue weighted by atomic mass is 9.69. The molecule has 162 valence electrons. The van der Waals surface area contributed by atoms with Crippen LogP contribution in [0.3, 0.4) is 0 Å². The van der Waals surface area contributed by atoms with Crippen LogP contribution in [0, 0.1) is 29.5 Å². The van der Waals surface area contributed by atoms with E-state index in [1.165, 1.54) is 64.2 Å². The maximum absolute atomic E-state index is 14.4. The molecule has 1 aromatic carbocycles. The molecule has 2 aliphatic carbocycles. The smallest absolute Gasteiger partial charge is 0.187 e. The van der Waals surface area contributed by atoms with Gasteiger partial charge in [-0.3, -0.25) is 0 Å². The van der Waals surface area contributed by atoms with Gasteiger partial charge in [-0.25, -0.2) is 4.39 Å². The minimum atomic E-state index is -0.514. The molecule has 0 spiro atoms. The fourth-order valence-corrected chi connectivity index (χ4v) is 5.44. The second-order valence-corrected chi connectivity index (χ2v) is 9.24. The molecule has 0 saturated heterocycles. The van der Waals surface area contributed by atoms with Gasteiger partial charge < -0.3 is 9.47 Å². The van der Waals surface area contributed by atoms with Crippen molar-refractivity contribution in [3.63, 3.8) is 0 Å². The van der Waals surface area contributed by atoms with E-state index in [4.69, 9.17) is 21.1 Å². The Morgan fingerprint density at radius 1 is 0.966 bits per heavy atom. The van der Waals surface area contributed by atoms with Gasteiger partial charge in [0.25, 0.3) is 0 Å². The summed E-state index contributed by atoms with van der Waals surface area (Å²) in [6.07, 6.45) is 15.1. The van der Waals surface area contributed by atoms with Crippen molar-refractivity contribution in [3.8, 4) is 11.5 Å². The summed E-state index contributed by atoms with van der Waals surface area (Å²) in [4.78, 5) is 0. The van der Waals surface area contributed by atoms with Crippen LogP contribution in [-0.2, 0) is 0 Å². The van der Waals surface area contributed by atoms with E-state index in [2.05, 4.69) is 12.7 Å². The predicted octanol–water partition coefficient (Wildman–Crippen LogP) is 7.84. The van der Waals surface area contributed by atoms with Crippen LogP contribution < -0.4 is 9.47 Å². The molecule has 0 unspecified atom stereocenters. The average molecular weight is 423 g/mol. The van der Waals surface area contributed by atoms with E-state index in [9.17, 15) is 4.39 Å². The van der Waals surface area contributed by atoms with Crippen molar-refractivity contribution < 1.29 is 13.9 Å². The van der Waals surface area contributed by atoms with E-state index in [0.29, 0.717) is 24.9 Å². The fraction of sp³-hybridized carbons (Fsp3) is 0.680. The third kappa shape index (κ3) is 6.13. The molecule has 4 heteroatoms. The molecule has 0 atom stereocenters. The summed E-state index contributed by atoms with van der Waals surface area (Å²) in [7, 11) is 0. The van der Waals surface area contributed by atoms with Crippen LogP contribution in [0.2, 0.25) is 5.02 Å². The molecule has 2 nitrogen and oxygen atoms in total. The van der Waals surface area contributed by atoms with Gasteiger partial charge in [0.15, 0.2) is 11.6 Å². The van der Waals surface area contributed by atoms with Gasteiger partial charge in [-0.1, -0.05) is 30.5 Å². The first-order valence-corrected chi connectivity index (χ1v) is 11.8. The molecule has 0 heterocycles. The van der Waals surface area contributed by atoms with Crippen LogP contribution in [0.5, 0.6) is 11.5 Å². The topological polar surface area (TPSA) is 18.5 Å². The van der Waals surface area contributed by atoms with Crippen LogP contribution in [0.25, 0.3) is 0 Å². The number of hydrogen-bond donors (Lipinski definition) is 0. The zero-order valence-corrected chi connectivity index (χ0v) is 18.6. The molecule has 2 aliphatic rings. The second kappa shape index (κ2) is 11.2. The number of hydrogen-bond acceptors (Lipinski definition) is 2. The number of allylic oxidation sites excluding steroid dienone is 1. The van der Waals surface area contributed by atoms with E-state index in [1.54, 1.807) is 12.1 Å². The quantitative estimate of drug-likeness (QED) is 0.377. The van der Waals surface area contributed by atoms with Crippen molar-refractivity contribution in [2.45, 2.75) is 71.1 Å². The molecule has 1 aromatic rings. The van der Waals surface area contributed by atoms with Crippen molar-refractivity contribution in [2.24, 2.45) is 23.7 Å². The Morgan fingerprint density at radius 2 is 1.55 bits per heavy atom.